The van der Waals surface area contributed by atoms with E-state index in [1.807, 2.05) is 13.0 Å². The minimum absolute atomic E-state index is 0.0857. The molecule has 4 aliphatic rings. The first kappa shape index (κ1) is 19.4. The summed E-state index contributed by atoms with van der Waals surface area (Å²) in [6.07, 6.45) is 4.90. The highest BCUT2D eigenvalue weighted by Crippen LogP contribution is 2.43. The normalized spacial score (nSPS) is 31.3. The molecule has 2 aliphatic carbocycles. The Morgan fingerprint density at radius 2 is 2.04 bits per heavy atom. The summed E-state index contributed by atoms with van der Waals surface area (Å²) in [5.74, 6) is -0.0920. The molecular formula is C22H30N2O4. The first-order valence-corrected chi connectivity index (χ1v) is 10.4. The van der Waals surface area contributed by atoms with E-state index < -0.39 is 11.5 Å². The first-order chi connectivity index (χ1) is 13.3. The molecule has 2 aliphatic heterocycles. The molecule has 6 heteroatoms. The van der Waals surface area contributed by atoms with Crippen molar-refractivity contribution in [2.24, 2.45) is 11.7 Å². The van der Waals surface area contributed by atoms with E-state index in [1.54, 1.807) is 6.07 Å². The van der Waals surface area contributed by atoms with Crippen molar-refractivity contribution in [1.29, 1.82) is 0 Å². The van der Waals surface area contributed by atoms with E-state index in [4.69, 9.17) is 5.73 Å². The quantitative estimate of drug-likeness (QED) is 0.738. The second kappa shape index (κ2) is 7.16. The molecule has 3 atom stereocenters. The number of aromatic hydroxyl groups is 1. The van der Waals surface area contributed by atoms with Crippen molar-refractivity contribution in [1.82, 2.24) is 4.90 Å². The number of rotatable bonds is 3. The Morgan fingerprint density at radius 1 is 1.29 bits per heavy atom. The number of ketones is 1. The summed E-state index contributed by atoms with van der Waals surface area (Å²) < 4.78 is 0. The Balaban J connectivity index is 1.83. The maximum absolute atomic E-state index is 12.6. The van der Waals surface area contributed by atoms with E-state index in [-0.39, 0.29) is 29.1 Å². The van der Waals surface area contributed by atoms with Gasteiger partial charge in [0, 0.05) is 31.0 Å². The van der Waals surface area contributed by atoms with Gasteiger partial charge in [-0.1, -0.05) is 6.07 Å². The van der Waals surface area contributed by atoms with Crippen molar-refractivity contribution in [3.63, 3.8) is 0 Å². The lowest BCUT2D eigenvalue weighted by molar-refractivity contribution is -0.122. The molecule has 5 rings (SSSR count). The third kappa shape index (κ3) is 3.67. The molecule has 1 aromatic carbocycles. The Morgan fingerprint density at radius 3 is 2.71 bits per heavy atom. The molecule has 1 saturated heterocycles. The molecule has 0 spiro atoms. The highest BCUT2D eigenvalue weighted by molar-refractivity contribution is 5.96. The molecule has 4 N–H and O–H groups in total. The molecule has 1 saturated carbocycles. The van der Waals surface area contributed by atoms with Gasteiger partial charge in [-0.3, -0.25) is 14.5 Å². The SMILES string of the molecule is C[C@@]1(O)CCC(=O)C[C@H]2CCN(CC3CC3)[C@@H]1Cc1ccc(C(N)=O)c(O)c12. The van der Waals surface area contributed by atoms with Crippen molar-refractivity contribution < 1.29 is 19.8 Å². The Bertz CT molecular complexity index is 800. The highest BCUT2D eigenvalue weighted by atomic mass is 16.3. The zero-order valence-electron chi connectivity index (χ0n) is 16.5. The van der Waals surface area contributed by atoms with Gasteiger partial charge >= 0.3 is 0 Å². The van der Waals surface area contributed by atoms with E-state index >= 15 is 0 Å². The Labute approximate surface area is 165 Å². The van der Waals surface area contributed by atoms with E-state index in [1.165, 1.54) is 12.8 Å². The average Bonchev–Trinajstić information content (AvgIpc) is 3.42. The molecule has 0 unspecified atom stereocenters. The molecule has 152 valence electrons. The molecule has 0 aromatic heterocycles. The van der Waals surface area contributed by atoms with Crippen LogP contribution in [0.4, 0.5) is 0 Å². The van der Waals surface area contributed by atoms with E-state index in [0.29, 0.717) is 43.6 Å². The lowest BCUT2D eigenvalue weighted by Crippen LogP contribution is -2.54. The van der Waals surface area contributed by atoms with Crippen molar-refractivity contribution in [3.8, 4) is 5.75 Å². The van der Waals surface area contributed by atoms with Crippen LogP contribution in [0.5, 0.6) is 5.75 Å². The molecule has 28 heavy (non-hydrogen) atoms. The van der Waals surface area contributed by atoms with Crippen molar-refractivity contribution >= 4 is 11.7 Å². The summed E-state index contributed by atoms with van der Waals surface area (Å²) in [5.41, 5.74) is 6.14. The van der Waals surface area contributed by atoms with Crippen molar-refractivity contribution in [2.45, 2.75) is 69.4 Å². The summed E-state index contributed by atoms with van der Waals surface area (Å²) in [4.78, 5) is 26.8. The van der Waals surface area contributed by atoms with E-state index in [9.17, 15) is 19.8 Å². The standard InChI is InChI=1S/C22H30N2O4/c1-22(28)8-6-16(25)10-15-7-9-24(12-13-2-3-13)18(22)11-14-4-5-17(21(23)27)20(26)19(14)15/h4-5,13,15,18,26,28H,2-3,6-12H2,1H3,(H2,23,27)/t15-,18-,22-/m1/s1. The number of carbonyl (C=O) groups is 2. The van der Waals surface area contributed by atoms with Crippen molar-refractivity contribution in [2.75, 3.05) is 13.1 Å². The van der Waals surface area contributed by atoms with Crippen LogP contribution in [-0.2, 0) is 11.2 Å². The molecule has 2 heterocycles. The fraction of sp³-hybridized carbons (Fsp3) is 0.636. The smallest absolute Gasteiger partial charge is 0.252 e. The summed E-state index contributed by atoms with van der Waals surface area (Å²) in [7, 11) is 0. The molecule has 2 bridgehead atoms. The number of nitrogens with two attached hydrogens (primary N) is 1. The predicted octanol–water partition coefficient (Wildman–Crippen LogP) is 2.11. The van der Waals surface area contributed by atoms with Crippen LogP contribution in [0, 0.1) is 5.92 Å². The third-order valence-electron chi connectivity index (χ3n) is 6.89. The van der Waals surface area contributed by atoms with Crippen LogP contribution in [0.3, 0.4) is 0 Å². The number of aliphatic hydroxyl groups is 1. The van der Waals surface area contributed by atoms with Crippen molar-refractivity contribution in [3.05, 3.63) is 28.8 Å². The minimum Gasteiger partial charge on any atom is -0.507 e. The first-order valence-electron chi connectivity index (χ1n) is 10.4. The third-order valence-corrected chi connectivity index (χ3v) is 6.89. The molecule has 6 nitrogen and oxygen atoms in total. The zero-order chi connectivity index (χ0) is 20.1. The van der Waals surface area contributed by atoms with Gasteiger partial charge in [-0.2, -0.15) is 0 Å². The van der Waals surface area contributed by atoms with Crippen LogP contribution in [0.1, 0.15) is 72.9 Å². The van der Waals surface area contributed by atoms with Crippen LogP contribution in [0.15, 0.2) is 12.1 Å². The second-order valence-electron chi connectivity index (χ2n) is 9.14. The molecule has 0 radical (unpaired) electrons. The van der Waals surface area contributed by atoms with Gasteiger partial charge in [0.25, 0.3) is 5.91 Å². The number of phenols is 1. The van der Waals surface area contributed by atoms with Gasteiger partial charge in [0.15, 0.2) is 0 Å². The Hall–Kier alpha value is -1.92. The van der Waals surface area contributed by atoms with Gasteiger partial charge in [0.05, 0.1) is 11.2 Å². The van der Waals surface area contributed by atoms with Gasteiger partial charge in [-0.05, 0) is 69.0 Å². The average molecular weight is 386 g/mol. The lowest BCUT2D eigenvalue weighted by Gasteiger charge is -2.45. The summed E-state index contributed by atoms with van der Waals surface area (Å²) >= 11 is 0. The number of carbonyl (C=O) groups excluding carboxylic acids is 2. The van der Waals surface area contributed by atoms with Crippen LogP contribution in [-0.4, -0.2) is 51.5 Å². The summed E-state index contributed by atoms with van der Waals surface area (Å²) in [5, 5.41) is 22.2. The van der Waals surface area contributed by atoms with Gasteiger partial charge in [-0.25, -0.2) is 0 Å². The number of hydrogen-bond acceptors (Lipinski definition) is 5. The summed E-state index contributed by atoms with van der Waals surface area (Å²) in [6, 6.07) is 3.29. The van der Waals surface area contributed by atoms with Gasteiger partial charge in [0.2, 0.25) is 0 Å². The number of fused-ring (bicyclic) bond motifs is 6. The summed E-state index contributed by atoms with van der Waals surface area (Å²) in [6.45, 7) is 3.58. The zero-order valence-corrected chi connectivity index (χ0v) is 16.5. The fourth-order valence-corrected chi connectivity index (χ4v) is 5.05. The molecular weight excluding hydrogens is 356 g/mol. The largest absolute Gasteiger partial charge is 0.507 e. The second-order valence-corrected chi connectivity index (χ2v) is 9.14. The van der Waals surface area contributed by atoms with Gasteiger partial charge in [0.1, 0.15) is 11.5 Å². The maximum atomic E-state index is 12.6. The number of nitrogens with zero attached hydrogens (tertiary/aromatic N) is 1. The van der Waals surface area contributed by atoms with E-state index in [2.05, 4.69) is 4.90 Å². The number of hydrogen-bond donors (Lipinski definition) is 3. The van der Waals surface area contributed by atoms with Crippen LogP contribution in [0.2, 0.25) is 0 Å². The van der Waals surface area contributed by atoms with Crippen LogP contribution in [0.25, 0.3) is 0 Å². The molecule has 1 aromatic rings. The lowest BCUT2D eigenvalue weighted by atomic mass is 9.75. The van der Waals surface area contributed by atoms with Gasteiger partial charge in [-0.15, -0.1) is 0 Å². The molecule has 1 amide bonds. The van der Waals surface area contributed by atoms with Gasteiger partial charge < -0.3 is 15.9 Å². The predicted molar refractivity (Wildman–Crippen MR) is 105 cm³/mol. The number of primary amides is 1. The monoisotopic (exact) mass is 386 g/mol. The minimum atomic E-state index is -0.996. The highest BCUT2D eigenvalue weighted by Gasteiger charge is 2.42. The van der Waals surface area contributed by atoms with Crippen LogP contribution >= 0.6 is 0 Å². The van der Waals surface area contributed by atoms with E-state index in [0.717, 1.165) is 18.7 Å². The maximum Gasteiger partial charge on any atom is 0.252 e. The number of amides is 1. The van der Waals surface area contributed by atoms with Crippen LogP contribution < -0.4 is 5.73 Å². The topological polar surface area (TPSA) is 104 Å². The number of benzene rings is 1. The molecule has 2 fully saturated rings. The Kier molecular flexibility index (Phi) is 4.96. The fourth-order valence-electron chi connectivity index (χ4n) is 5.05. The number of Topliss-reactive ketones (excluding diaryl/α,β-unsaturated/α-hetero) is 1.